The standard InChI is InChI=1S/C18H17NO4/c1-3-21-16-8-6-5-7-15(16)17-10-9-14(23-17)11-13(12-19)18(20)22-4-2/h5-11H,3-4H2,1-2H3/b13-11+. The van der Waals surface area contributed by atoms with Gasteiger partial charge in [-0.3, -0.25) is 0 Å². The van der Waals surface area contributed by atoms with Crippen LogP contribution >= 0.6 is 0 Å². The van der Waals surface area contributed by atoms with Crippen molar-refractivity contribution in [3.63, 3.8) is 0 Å². The number of ether oxygens (including phenoxy) is 2. The second-order valence-corrected chi connectivity index (χ2v) is 4.52. The van der Waals surface area contributed by atoms with Gasteiger partial charge in [0.25, 0.3) is 0 Å². The zero-order chi connectivity index (χ0) is 16.7. The van der Waals surface area contributed by atoms with Gasteiger partial charge in [-0.1, -0.05) is 12.1 Å². The van der Waals surface area contributed by atoms with E-state index >= 15 is 0 Å². The molecule has 0 saturated heterocycles. The molecular formula is C18H17NO4. The molecule has 1 aromatic heterocycles. The van der Waals surface area contributed by atoms with Gasteiger partial charge in [0.05, 0.1) is 18.8 Å². The molecule has 1 aromatic carbocycles. The Morgan fingerprint density at radius 1 is 1.22 bits per heavy atom. The lowest BCUT2D eigenvalue weighted by molar-refractivity contribution is -0.137. The van der Waals surface area contributed by atoms with Crippen molar-refractivity contribution in [1.29, 1.82) is 5.26 Å². The fourth-order valence-electron chi connectivity index (χ4n) is 2.01. The molecular weight excluding hydrogens is 294 g/mol. The molecule has 0 aliphatic rings. The number of carbonyl (C=O) groups is 1. The molecule has 0 saturated carbocycles. The number of nitriles is 1. The third kappa shape index (κ3) is 4.01. The van der Waals surface area contributed by atoms with Gasteiger partial charge in [-0.15, -0.1) is 0 Å². The Labute approximate surface area is 134 Å². The predicted octanol–water partition coefficient (Wildman–Crippen LogP) is 3.82. The van der Waals surface area contributed by atoms with Gasteiger partial charge in [-0.05, 0) is 38.1 Å². The summed E-state index contributed by atoms with van der Waals surface area (Å²) in [6.45, 7) is 4.35. The topological polar surface area (TPSA) is 72.5 Å². The van der Waals surface area contributed by atoms with Gasteiger partial charge in [-0.25, -0.2) is 4.79 Å². The SMILES string of the molecule is CCOC(=O)/C(C#N)=C/c1ccc(-c2ccccc2OCC)o1. The summed E-state index contributed by atoms with van der Waals surface area (Å²) in [5.74, 6) is 1.05. The van der Waals surface area contributed by atoms with Gasteiger partial charge < -0.3 is 13.9 Å². The molecule has 0 atom stereocenters. The van der Waals surface area contributed by atoms with Crippen LogP contribution in [0.25, 0.3) is 17.4 Å². The first-order valence-corrected chi connectivity index (χ1v) is 7.30. The predicted molar refractivity (Wildman–Crippen MR) is 85.5 cm³/mol. The van der Waals surface area contributed by atoms with E-state index in [1.807, 2.05) is 37.3 Å². The van der Waals surface area contributed by atoms with Crippen LogP contribution in [0.1, 0.15) is 19.6 Å². The van der Waals surface area contributed by atoms with Crippen molar-refractivity contribution < 1.29 is 18.7 Å². The molecule has 0 amide bonds. The summed E-state index contributed by atoms with van der Waals surface area (Å²) in [5.41, 5.74) is 0.703. The van der Waals surface area contributed by atoms with Crippen LogP contribution in [0.5, 0.6) is 5.75 Å². The molecule has 0 radical (unpaired) electrons. The van der Waals surface area contributed by atoms with Crippen molar-refractivity contribution in [1.82, 2.24) is 0 Å². The molecule has 1 heterocycles. The van der Waals surface area contributed by atoms with Crippen LogP contribution in [0.3, 0.4) is 0 Å². The van der Waals surface area contributed by atoms with Gasteiger partial charge in [0.1, 0.15) is 28.9 Å². The number of esters is 1. The first-order valence-electron chi connectivity index (χ1n) is 7.30. The number of benzene rings is 1. The molecule has 5 nitrogen and oxygen atoms in total. The van der Waals surface area contributed by atoms with Crippen LogP contribution < -0.4 is 4.74 Å². The maximum absolute atomic E-state index is 11.6. The molecule has 0 N–H and O–H groups in total. The minimum absolute atomic E-state index is 0.106. The van der Waals surface area contributed by atoms with Crippen molar-refractivity contribution in [2.75, 3.05) is 13.2 Å². The Morgan fingerprint density at radius 3 is 2.70 bits per heavy atom. The highest BCUT2D eigenvalue weighted by molar-refractivity contribution is 5.97. The number of nitrogens with zero attached hydrogens (tertiary/aromatic N) is 1. The molecule has 0 aliphatic heterocycles. The van der Waals surface area contributed by atoms with E-state index in [0.29, 0.717) is 23.9 Å². The maximum atomic E-state index is 11.6. The number of hydrogen-bond donors (Lipinski definition) is 0. The molecule has 0 spiro atoms. The second kappa shape index (κ2) is 7.85. The summed E-state index contributed by atoms with van der Waals surface area (Å²) in [6, 6.07) is 12.8. The summed E-state index contributed by atoms with van der Waals surface area (Å²) < 4.78 is 16.1. The van der Waals surface area contributed by atoms with E-state index in [1.165, 1.54) is 6.08 Å². The number of para-hydroxylation sites is 1. The zero-order valence-corrected chi connectivity index (χ0v) is 13.0. The van der Waals surface area contributed by atoms with Gasteiger partial charge in [0.2, 0.25) is 0 Å². The summed E-state index contributed by atoms with van der Waals surface area (Å²) in [6.07, 6.45) is 1.37. The Morgan fingerprint density at radius 2 is 2.00 bits per heavy atom. The lowest BCUT2D eigenvalue weighted by Crippen LogP contribution is -2.05. The van der Waals surface area contributed by atoms with Crippen molar-refractivity contribution >= 4 is 12.0 Å². The van der Waals surface area contributed by atoms with Crippen LogP contribution in [0, 0.1) is 11.3 Å². The molecule has 2 aromatic rings. The number of carbonyl (C=O) groups excluding carboxylic acids is 1. The van der Waals surface area contributed by atoms with Crippen molar-refractivity contribution in [2.45, 2.75) is 13.8 Å². The molecule has 23 heavy (non-hydrogen) atoms. The van der Waals surface area contributed by atoms with E-state index in [0.717, 1.165) is 5.56 Å². The normalized spacial score (nSPS) is 10.9. The van der Waals surface area contributed by atoms with Gasteiger partial charge in [0, 0.05) is 6.08 Å². The second-order valence-electron chi connectivity index (χ2n) is 4.52. The number of rotatable bonds is 6. The van der Waals surface area contributed by atoms with E-state index in [1.54, 1.807) is 19.1 Å². The van der Waals surface area contributed by atoms with Crippen molar-refractivity contribution in [3.05, 3.63) is 47.7 Å². The van der Waals surface area contributed by atoms with E-state index in [9.17, 15) is 4.79 Å². The fourth-order valence-corrected chi connectivity index (χ4v) is 2.01. The third-order valence-electron chi connectivity index (χ3n) is 2.98. The first kappa shape index (κ1) is 16.4. The average Bonchev–Trinajstić information content (AvgIpc) is 3.02. The average molecular weight is 311 g/mol. The van der Waals surface area contributed by atoms with Gasteiger partial charge in [0.15, 0.2) is 0 Å². The van der Waals surface area contributed by atoms with Crippen LogP contribution in [0.2, 0.25) is 0 Å². The molecule has 5 heteroatoms. The Hall–Kier alpha value is -3.00. The molecule has 0 fully saturated rings. The lowest BCUT2D eigenvalue weighted by Gasteiger charge is -2.07. The van der Waals surface area contributed by atoms with E-state index in [2.05, 4.69) is 0 Å². The maximum Gasteiger partial charge on any atom is 0.349 e. The van der Waals surface area contributed by atoms with Gasteiger partial charge in [-0.2, -0.15) is 5.26 Å². The Kier molecular flexibility index (Phi) is 5.59. The van der Waals surface area contributed by atoms with E-state index in [4.69, 9.17) is 19.2 Å². The van der Waals surface area contributed by atoms with Crippen molar-refractivity contribution in [2.24, 2.45) is 0 Å². The molecule has 0 bridgehead atoms. The largest absolute Gasteiger partial charge is 0.493 e. The lowest BCUT2D eigenvalue weighted by atomic mass is 10.1. The minimum Gasteiger partial charge on any atom is -0.493 e. The summed E-state index contributed by atoms with van der Waals surface area (Å²) in [5, 5.41) is 9.04. The highest BCUT2D eigenvalue weighted by Gasteiger charge is 2.13. The van der Waals surface area contributed by atoms with Gasteiger partial charge >= 0.3 is 5.97 Å². The smallest absolute Gasteiger partial charge is 0.349 e. The number of hydrogen-bond acceptors (Lipinski definition) is 5. The molecule has 118 valence electrons. The minimum atomic E-state index is -0.664. The molecule has 0 unspecified atom stereocenters. The Bertz CT molecular complexity index is 752. The van der Waals surface area contributed by atoms with Crippen molar-refractivity contribution in [3.8, 4) is 23.1 Å². The summed E-state index contributed by atoms with van der Waals surface area (Å²) in [4.78, 5) is 11.6. The third-order valence-corrected chi connectivity index (χ3v) is 2.98. The van der Waals surface area contributed by atoms with Crippen LogP contribution in [0.4, 0.5) is 0 Å². The highest BCUT2D eigenvalue weighted by Crippen LogP contribution is 2.31. The first-order chi connectivity index (χ1) is 11.2. The van der Waals surface area contributed by atoms with E-state index in [-0.39, 0.29) is 12.2 Å². The molecule has 0 aliphatic carbocycles. The van der Waals surface area contributed by atoms with E-state index < -0.39 is 5.97 Å². The summed E-state index contributed by atoms with van der Waals surface area (Å²) >= 11 is 0. The van der Waals surface area contributed by atoms with Crippen LogP contribution in [0.15, 0.2) is 46.4 Å². The highest BCUT2D eigenvalue weighted by atomic mass is 16.5. The Balaban J connectivity index is 2.31. The number of furan rings is 1. The summed E-state index contributed by atoms with van der Waals surface area (Å²) in [7, 11) is 0. The zero-order valence-electron chi connectivity index (χ0n) is 13.0. The quantitative estimate of drug-likeness (QED) is 0.461. The fraction of sp³-hybridized carbons (Fsp3) is 0.222. The van der Waals surface area contributed by atoms with Crippen LogP contribution in [-0.4, -0.2) is 19.2 Å². The molecule has 2 rings (SSSR count). The van der Waals surface area contributed by atoms with Crippen LogP contribution in [-0.2, 0) is 9.53 Å². The monoisotopic (exact) mass is 311 g/mol.